The number of fused-ring (bicyclic) bond motifs is 2. The molecule has 1 fully saturated rings. The van der Waals surface area contributed by atoms with Gasteiger partial charge < -0.3 is 14.2 Å². The zero-order valence-corrected chi connectivity index (χ0v) is 12.3. The zero-order chi connectivity index (χ0) is 14.8. The minimum Gasteiger partial charge on any atom is -0.453 e. The van der Waals surface area contributed by atoms with E-state index >= 15 is 0 Å². The maximum Gasteiger partial charge on any atom is 0.346 e. The van der Waals surface area contributed by atoms with E-state index in [1.54, 1.807) is 13.8 Å². The fourth-order valence-electron chi connectivity index (χ4n) is 2.97. The van der Waals surface area contributed by atoms with Crippen LogP contribution in [0.15, 0.2) is 12.2 Å². The van der Waals surface area contributed by atoms with E-state index in [1.807, 2.05) is 6.92 Å². The van der Waals surface area contributed by atoms with Crippen LogP contribution < -0.4 is 0 Å². The third kappa shape index (κ3) is 3.60. The van der Waals surface area contributed by atoms with Gasteiger partial charge in [-0.25, -0.2) is 4.79 Å². The van der Waals surface area contributed by atoms with Crippen molar-refractivity contribution in [2.75, 3.05) is 13.2 Å². The monoisotopic (exact) mass is 282 g/mol. The van der Waals surface area contributed by atoms with E-state index in [2.05, 4.69) is 12.2 Å². The topological polar surface area (TPSA) is 61.8 Å². The van der Waals surface area contributed by atoms with Crippen LogP contribution in [0.25, 0.3) is 0 Å². The summed E-state index contributed by atoms with van der Waals surface area (Å²) < 4.78 is 15.4. The van der Waals surface area contributed by atoms with Gasteiger partial charge in [0.25, 0.3) is 0 Å². The number of esters is 2. The standard InChI is InChI=1S/C15H22O5/c1-4-19-15(2,3)20-13(16)9-18-14(17)12-8-10-5-6-11(12)7-10/h5-6,10-12H,4,7-9H2,1-3H3. The Morgan fingerprint density at radius 3 is 2.55 bits per heavy atom. The van der Waals surface area contributed by atoms with E-state index < -0.39 is 11.8 Å². The van der Waals surface area contributed by atoms with E-state index in [0.717, 1.165) is 12.8 Å². The maximum absolute atomic E-state index is 11.9. The fourth-order valence-corrected chi connectivity index (χ4v) is 2.97. The molecule has 0 heterocycles. The molecule has 20 heavy (non-hydrogen) atoms. The van der Waals surface area contributed by atoms with Gasteiger partial charge in [-0.1, -0.05) is 12.2 Å². The van der Waals surface area contributed by atoms with Crippen molar-refractivity contribution in [3.05, 3.63) is 12.2 Å². The van der Waals surface area contributed by atoms with Crippen LogP contribution >= 0.6 is 0 Å². The van der Waals surface area contributed by atoms with Gasteiger partial charge in [0.1, 0.15) is 0 Å². The van der Waals surface area contributed by atoms with Gasteiger partial charge in [-0.3, -0.25) is 4.79 Å². The van der Waals surface area contributed by atoms with Gasteiger partial charge in [0.2, 0.25) is 5.79 Å². The summed E-state index contributed by atoms with van der Waals surface area (Å²) in [6.45, 7) is 5.20. The lowest BCUT2D eigenvalue weighted by atomic mass is 9.94. The van der Waals surface area contributed by atoms with E-state index in [-0.39, 0.29) is 24.4 Å². The molecule has 0 N–H and O–H groups in total. The van der Waals surface area contributed by atoms with Gasteiger partial charge in [-0.15, -0.1) is 0 Å². The van der Waals surface area contributed by atoms with Gasteiger partial charge in [-0.05, 0) is 31.6 Å². The third-order valence-electron chi connectivity index (χ3n) is 3.77. The highest BCUT2D eigenvalue weighted by Crippen LogP contribution is 2.43. The molecule has 0 aromatic heterocycles. The molecule has 0 radical (unpaired) electrons. The van der Waals surface area contributed by atoms with E-state index in [1.165, 1.54) is 0 Å². The molecule has 2 aliphatic carbocycles. The SMILES string of the molecule is CCOC(C)(C)OC(=O)COC(=O)C1CC2C=CC1C2. The first-order valence-corrected chi connectivity index (χ1v) is 7.12. The second kappa shape index (κ2) is 5.95. The summed E-state index contributed by atoms with van der Waals surface area (Å²) in [5, 5.41) is 0. The number of hydrogen-bond donors (Lipinski definition) is 0. The molecule has 3 atom stereocenters. The zero-order valence-electron chi connectivity index (χ0n) is 12.3. The Labute approximate surface area is 119 Å². The van der Waals surface area contributed by atoms with Crippen LogP contribution in [-0.4, -0.2) is 30.9 Å². The number of allylic oxidation sites excluding steroid dienone is 2. The first-order valence-electron chi connectivity index (χ1n) is 7.12. The summed E-state index contributed by atoms with van der Waals surface area (Å²) in [5.74, 6) is -1.20. The molecular weight excluding hydrogens is 260 g/mol. The lowest BCUT2D eigenvalue weighted by molar-refractivity contribution is -0.218. The number of hydrogen-bond acceptors (Lipinski definition) is 5. The fraction of sp³-hybridized carbons (Fsp3) is 0.733. The predicted molar refractivity (Wildman–Crippen MR) is 71.6 cm³/mol. The van der Waals surface area contributed by atoms with Gasteiger partial charge in [-0.2, -0.15) is 0 Å². The van der Waals surface area contributed by atoms with Gasteiger partial charge in [0, 0.05) is 20.5 Å². The van der Waals surface area contributed by atoms with Crippen molar-refractivity contribution < 1.29 is 23.8 Å². The van der Waals surface area contributed by atoms with Crippen LogP contribution in [0, 0.1) is 17.8 Å². The van der Waals surface area contributed by atoms with Gasteiger partial charge in [0.15, 0.2) is 6.61 Å². The molecule has 0 amide bonds. The first kappa shape index (κ1) is 15.0. The molecule has 0 aromatic rings. The van der Waals surface area contributed by atoms with E-state index in [4.69, 9.17) is 14.2 Å². The Morgan fingerprint density at radius 2 is 2.00 bits per heavy atom. The molecule has 3 unspecified atom stereocenters. The van der Waals surface area contributed by atoms with Crippen molar-refractivity contribution >= 4 is 11.9 Å². The Morgan fingerprint density at radius 1 is 1.25 bits per heavy atom. The molecule has 1 saturated carbocycles. The molecule has 0 aliphatic heterocycles. The number of carbonyl (C=O) groups is 2. The molecular formula is C15H22O5. The molecule has 2 aliphatic rings. The van der Waals surface area contributed by atoms with Crippen molar-refractivity contribution in [2.45, 2.75) is 39.4 Å². The minimum absolute atomic E-state index is 0.0993. The van der Waals surface area contributed by atoms with E-state index in [0.29, 0.717) is 12.5 Å². The van der Waals surface area contributed by atoms with Crippen molar-refractivity contribution in [1.29, 1.82) is 0 Å². The quantitative estimate of drug-likeness (QED) is 0.424. The van der Waals surface area contributed by atoms with E-state index in [9.17, 15) is 9.59 Å². The molecule has 5 heteroatoms. The average molecular weight is 282 g/mol. The molecule has 5 nitrogen and oxygen atoms in total. The normalized spacial score (nSPS) is 27.6. The molecule has 2 rings (SSSR count). The van der Waals surface area contributed by atoms with Gasteiger partial charge >= 0.3 is 11.9 Å². The third-order valence-corrected chi connectivity index (χ3v) is 3.77. The summed E-state index contributed by atoms with van der Waals surface area (Å²) >= 11 is 0. The number of ether oxygens (including phenoxy) is 3. The molecule has 2 bridgehead atoms. The minimum atomic E-state index is -0.993. The van der Waals surface area contributed by atoms with Crippen LogP contribution in [0.2, 0.25) is 0 Å². The van der Waals surface area contributed by atoms with Crippen LogP contribution in [0.5, 0.6) is 0 Å². The van der Waals surface area contributed by atoms with Crippen molar-refractivity contribution in [3.8, 4) is 0 Å². The second-order valence-electron chi connectivity index (χ2n) is 5.80. The molecule has 0 spiro atoms. The maximum atomic E-state index is 11.9. The summed E-state index contributed by atoms with van der Waals surface area (Å²) in [5.41, 5.74) is 0. The Balaban J connectivity index is 1.73. The van der Waals surface area contributed by atoms with Gasteiger partial charge in [0.05, 0.1) is 5.92 Å². The number of carbonyl (C=O) groups excluding carboxylic acids is 2. The largest absolute Gasteiger partial charge is 0.453 e. The van der Waals surface area contributed by atoms with Crippen LogP contribution in [0.3, 0.4) is 0 Å². The van der Waals surface area contributed by atoms with Crippen molar-refractivity contribution in [3.63, 3.8) is 0 Å². The predicted octanol–water partition coefficient (Wildman–Crippen LogP) is 2.06. The summed E-state index contributed by atoms with van der Waals surface area (Å²) in [7, 11) is 0. The smallest absolute Gasteiger partial charge is 0.346 e. The highest BCUT2D eigenvalue weighted by Gasteiger charge is 2.41. The molecule has 0 aromatic carbocycles. The number of rotatable bonds is 6. The summed E-state index contributed by atoms with van der Waals surface area (Å²) in [6, 6.07) is 0. The molecule has 0 saturated heterocycles. The Bertz CT molecular complexity index is 412. The van der Waals surface area contributed by atoms with Crippen LogP contribution in [0.4, 0.5) is 0 Å². The molecule has 112 valence electrons. The lowest BCUT2D eigenvalue weighted by Crippen LogP contribution is -2.34. The average Bonchev–Trinajstić information content (AvgIpc) is 2.97. The Hall–Kier alpha value is -1.36. The lowest BCUT2D eigenvalue weighted by Gasteiger charge is -2.24. The summed E-state index contributed by atoms with van der Waals surface area (Å²) in [4.78, 5) is 23.6. The first-order chi connectivity index (χ1) is 9.41. The van der Waals surface area contributed by atoms with Crippen molar-refractivity contribution in [2.24, 2.45) is 17.8 Å². The highest BCUT2D eigenvalue weighted by molar-refractivity contribution is 5.78. The van der Waals surface area contributed by atoms with Crippen LogP contribution in [-0.2, 0) is 23.8 Å². The van der Waals surface area contributed by atoms with Crippen LogP contribution in [0.1, 0.15) is 33.6 Å². The highest BCUT2D eigenvalue weighted by atomic mass is 16.7. The summed E-state index contributed by atoms with van der Waals surface area (Å²) in [6.07, 6.45) is 6.10. The Kier molecular flexibility index (Phi) is 4.48. The second-order valence-corrected chi connectivity index (χ2v) is 5.80. The van der Waals surface area contributed by atoms with Crippen molar-refractivity contribution in [1.82, 2.24) is 0 Å².